The highest BCUT2D eigenvalue weighted by Crippen LogP contribution is 2.29. The molecule has 0 saturated carbocycles. The molecule has 0 atom stereocenters. The van der Waals surface area contributed by atoms with Crippen LogP contribution >= 0.6 is 11.8 Å². The molecule has 1 aromatic rings. The molecule has 4 heteroatoms. The predicted octanol–water partition coefficient (Wildman–Crippen LogP) is 2.87. The van der Waals surface area contributed by atoms with Crippen molar-refractivity contribution in [1.29, 1.82) is 0 Å². The number of hydrogen-bond donors (Lipinski definition) is 1. The van der Waals surface area contributed by atoms with Gasteiger partial charge in [-0.1, -0.05) is 0 Å². The maximum atomic E-state index is 5.24. The summed E-state index contributed by atoms with van der Waals surface area (Å²) in [5.74, 6) is 2.70. The smallest absolute Gasteiger partial charge is 0.162 e. The second kappa shape index (κ2) is 7.28. The molecule has 0 heterocycles. The molecule has 0 amide bonds. The number of hydrogen-bond acceptors (Lipinski definition) is 4. The summed E-state index contributed by atoms with van der Waals surface area (Å²) < 4.78 is 10.4. The van der Waals surface area contributed by atoms with Crippen molar-refractivity contribution in [2.24, 2.45) is 0 Å². The van der Waals surface area contributed by atoms with Crippen molar-refractivity contribution in [1.82, 2.24) is 0 Å². The highest BCUT2D eigenvalue weighted by Gasteiger charge is 2.03. The first-order valence-corrected chi connectivity index (χ1v) is 6.66. The molecule has 0 fully saturated rings. The maximum absolute atomic E-state index is 5.24. The van der Waals surface area contributed by atoms with Crippen molar-refractivity contribution >= 4 is 17.4 Å². The lowest BCUT2D eigenvalue weighted by Crippen LogP contribution is -2.02. The first-order chi connectivity index (χ1) is 7.81. The van der Waals surface area contributed by atoms with Crippen molar-refractivity contribution in [2.45, 2.75) is 6.42 Å². The summed E-state index contributed by atoms with van der Waals surface area (Å²) in [7, 11) is 3.29. The van der Waals surface area contributed by atoms with Gasteiger partial charge in [0.1, 0.15) is 0 Å². The number of rotatable bonds is 7. The average Bonchev–Trinajstić information content (AvgIpc) is 2.34. The van der Waals surface area contributed by atoms with E-state index in [4.69, 9.17) is 9.47 Å². The number of methoxy groups -OCH3 is 2. The summed E-state index contributed by atoms with van der Waals surface area (Å²) in [5.41, 5.74) is 1.07. The van der Waals surface area contributed by atoms with Gasteiger partial charge in [0.05, 0.1) is 14.2 Å². The summed E-state index contributed by atoms with van der Waals surface area (Å²) in [6.45, 7) is 0.982. The van der Waals surface area contributed by atoms with Crippen molar-refractivity contribution in [3.05, 3.63) is 18.2 Å². The monoisotopic (exact) mass is 241 g/mol. The van der Waals surface area contributed by atoms with Crippen LogP contribution in [-0.4, -0.2) is 32.8 Å². The van der Waals surface area contributed by atoms with E-state index in [1.807, 2.05) is 30.0 Å². The lowest BCUT2D eigenvalue weighted by molar-refractivity contribution is 0.355. The van der Waals surface area contributed by atoms with Crippen molar-refractivity contribution in [3.8, 4) is 11.5 Å². The van der Waals surface area contributed by atoms with E-state index in [9.17, 15) is 0 Å². The summed E-state index contributed by atoms with van der Waals surface area (Å²) in [6.07, 6.45) is 3.28. The Morgan fingerprint density at radius 1 is 1.19 bits per heavy atom. The minimum Gasteiger partial charge on any atom is -0.493 e. The van der Waals surface area contributed by atoms with E-state index >= 15 is 0 Å². The Morgan fingerprint density at radius 3 is 2.56 bits per heavy atom. The molecular weight excluding hydrogens is 222 g/mol. The Kier molecular flexibility index (Phi) is 5.93. The molecule has 0 aliphatic carbocycles. The number of nitrogens with one attached hydrogen (secondary N) is 1. The third kappa shape index (κ3) is 3.85. The fraction of sp³-hybridized carbons (Fsp3) is 0.500. The zero-order valence-electron chi connectivity index (χ0n) is 10.1. The quantitative estimate of drug-likeness (QED) is 0.744. The Hall–Kier alpha value is -1.03. The molecule has 3 nitrogen and oxygen atoms in total. The number of anilines is 1. The standard InChI is InChI=1S/C12H19NO2S/c1-14-11-6-5-10(9-12(11)15-2)13-7-4-8-16-3/h5-6,9,13H,4,7-8H2,1-3H3. The van der Waals surface area contributed by atoms with Gasteiger partial charge in [0.25, 0.3) is 0 Å². The van der Waals surface area contributed by atoms with Crippen LogP contribution < -0.4 is 14.8 Å². The van der Waals surface area contributed by atoms with Crippen LogP contribution in [0.15, 0.2) is 18.2 Å². The fourth-order valence-corrected chi connectivity index (χ4v) is 1.83. The molecule has 0 saturated heterocycles. The fourth-order valence-electron chi connectivity index (χ4n) is 1.40. The molecular formula is C12H19NO2S. The van der Waals surface area contributed by atoms with E-state index in [0.717, 1.165) is 30.2 Å². The van der Waals surface area contributed by atoms with Crippen LogP contribution in [0.5, 0.6) is 11.5 Å². The molecule has 0 radical (unpaired) electrons. The van der Waals surface area contributed by atoms with Crippen LogP contribution in [0.4, 0.5) is 5.69 Å². The van der Waals surface area contributed by atoms with Crippen LogP contribution in [0.3, 0.4) is 0 Å². The molecule has 1 N–H and O–H groups in total. The first-order valence-electron chi connectivity index (χ1n) is 5.26. The molecule has 0 aliphatic heterocycles. The van der Waals surface area contributed by atoms with Gasteiger partial charge in [-0.05, 0) is 30.6 Å². The van der Waals surface area contributed by atoms with Crippen LogP contribution in [0, 0.1) is 0 Å². The Balaban J connectivity index is 2.54. The molecule has 0 aliphatic rings. The molecule has 0 unspecified atom stereocenters. The van der Waals surface area contributed by atoms with Gasteiger partial charge in [-0.3, -0.25) is 0 Å². The van der Waals surface area contributed by atoms with Crippen LogP contribution in [0.25, 0.3) is 0 Å². The van der Waals surface area contributed by atoms with Gasteiger partial charge in [0.15, 0.2) is 11.5 Å². The molecule has 1 aromatic carbocycles. The normalized spacial score (nSPS) is 9.94. The molecule has 90 valence electrons. The summed E-state index contributed by atoms with van der Waals surface area (Å²) >= 11 is 1.87. The minimum absolute atomic E-state index is 0.761. The predicted molar refractivity (Wildman–Crippen MR) is 71.0 cm³/mol. The second-order valence-corrected chi connectivity index (χ2v) is 4.33. The van der Waals surface area contributed by atoms with Gasteiger partial charge in [-0.25, -0.2) is 0 Å². The zero-order chi connectivity index (χ0) is 11.8. The van der Waals surface area contributed by atoms with E-state index in [1.54, 1.807) is 14.2 Å². The molecule has 1 rings (SSSR count). The van der Waals surface area contributed by atoms with Gasteiger partial charge in [-0.2, -0.15) is 11.8 Å². The van der Waals surface area contributed by atoms with E-state index in [1.165, 1.54) is 5.75 Å². The van der Waals surface area contributed by atoms with Gasteiger partial charge >= 0.3 is 0 Å². The lowest BCUT2D eigenvalue weighted by Gasteiger charge is -2.10. The molecule has 16 heavy (non-hydrogen) atoms. The lowest BCUT2D eigenvalue weighted by atomic mass is 10.2. The largest absolute Gasteiger partial charge is 0.493 e. The highest BCUT2D eigenvalue weighted by molar-refractivity contribution is 7.98. The van der Waals surface area contributed by atoms with Crippen LogP contribution in [0.1, 0.15) is 6.42 Å². The molecule has 0 aromatic heterocycles. The van der Waals surface area contributed by atoms with Crippen molar-refractivity contribution in [3.63, 3.8) is 0 Å². The maximum Gasteiger partial charge on any atom is 0.162 e. The van der Waals surface area contributed by atoms with E-state index in [2.05, 4.69) is 11.6 Å². The molecule has 0 spiro atoms. The van der Waals surface area contributed by atoms with Gasteiger partial charge < -0.3 is 14.8 Å². The molecule has 0 bridgehead atoms. The summed E-state index contributed by atoms with van der Waals surface area (Å²) in [6, 6.07) is 5.87. The van der Waals surface area contributed by atoms with E-state index in [-0.39, 0.29) is 0 Å². The van der Waals surface area contributed by atoms with Gasteiger partial charge in [0, 0.05) is 18.3 Å². The average molecular weight is 241 g/mol. The van der Waals surface area contributed by atoms with Crippen LogP contribution in [0.2, 0.25) is 0 Å². The minimum atomic E-state index is 0.761. The van der Waals surface area contributed by atoms with Crippen molar-refractivity contribution in [2.75, 3.05) is 38.1 Å². The SMILES string of the molecule is COc1ccc(NCCCSC)cc1OC. The van der Waals surface area contributed by atoms with Crippen LogP contribution in [-0.2, 0) is 0 Å². The third-order valence-electron chi connectivity index (χ3n) is 2.24. The number of ether oxygens (including phenoxy) is 2. The zero-order valence-corrected chi connectivity index (χ0v) is 10.9. The Morgan fingerprint density at radius 2 is 1.94 bits per heavy atom. The van der Waals surface area contributed by atoms with Crippen molar-refractivity contribution < 1.29 is 9.47 Å². The number of thioether (sulfide) groups is 1. The Bertz CT molecular complexity index is 318. The number of benzene rings is 1. The van der Waals surface area contributed by atoms with E-state index in [0.29, 0.717) is 0 Å². The van der Waals surface area contributed by atoms with Gasteiger partial charge in [0.2, 0.25) is 0 Å². The summed E-state index contributed by atoms with van der Waals surface area (Å²) in [4.78, 5) is 0. The third-order valence-corrected chi connectivity index (χ3v) is 2.93. The van der Waals surface area contributed by atoms with Gasteiger partial charge in [-0.15, -0.1) is 0 Å². The summed E-state index contributed by atoms with van der Waals surface area (Å²) in [5, 5.41) is 3.36. The highest BCUT2D eigenvalue weighted by atomic mass is 32.2. The first kappa shape index (κ1) is 13.0. The Labute approximate surface area is 102 Å². The second-order valence-electron chi connectivity index (χ2n) is 3.34. The van der Waals surface area contributed by atoms with E-state index < -0.39 is 0 Å². The topological polar surface area (TPSA) is 30.5 Å².